The fourth-order valence-electron chi connectivity index (χ4n) is 1.69. The Labute approximate surface area is 123 Å². The fourth-order valence-corrected chi connectivity index (χ4v) is 2.18. The summed E-state index contributed by atoms with van der Waals surface area (Å²) < 4.78 is 38.7. The maximum atomic E-state index is 12.6. The van der Waals surface area contributed by atoms with E-state index in [0.717, 1.165) is 22.2 Å². The monoisotopic (exact) mass is 341 g/mol. The molecule has 0 aliphatic rings. The van der Waals surface area contributed by atoms with Crippen molar-refractivity contribution in [2.24, 2.45) is 0 Å². The molecule has 5 heteroatoms. The molecule has 20 heavy (non-hydrogen) atoms. The van der Waals surface area contributed by atoms with Crippen LogP contribution in [0.2, 0.25) is 0 Å². The zero-order valence-electron chi connectivity index (χ0n) is 10.3. The summed E-state index contributed by atoms with van der Waals surface area (Å²) in [5, 5.41) is 2.95. The van der Waals surface area contributed by atoms with Gasteiger partial charge < -0.3 is 5.32 Å². The van der Waals surface area contributed by atoms with Gasteiger partial charge in [0, 0.05) is 10.2 Å². The molecule has 1 nitrogen and oxygen atoms in total. The van der Waals surface area contributed by atoms with Crippen LogP contribution in [-0.4, -0.2) is 0 Å². The zero-order valence-corrected chi connectivity index (χ0v) is 11.9. The van der Waals surface area contributed by atoms with Crippen LogP contribution in [0.15, 0.2) is 53.5 Å². The molecular weight excluding hydrogens is 331 g/mol. The predicted molar refractivity (Wildman–Crippen MR) is 79.0 cm³/mol. The largest absolute Gasteiger partial charge is 0.416 e. The summed E-state index contributed by atoms with van der Waals surface area (Å²) in [6.07, 6.45) is -2.65. The summed E-state index contributed by atoms with van der Waals surface area (Å²) in [7, 11) is 0. The molecule has 0 bridgehead atoms. The lowest BCUT2D eigenvalue weighted by Crippen LogP contribution is -2.05. The number of rotatable bonds is 3. The first-order chi connectivity index (χ1) is 9.40. The van der Waals surface area contributed by atoms with Gasteiger partial charge in [-0.15, -0.1) is 0 Å². The van der Waals surface area contributed by atoms with Gasteiger partial charge in [0.25, 0.3) is 0 Å². The molecule has 2 aromatic rings. The SMILES string of the molecule is C=Cc1ccc(Nc2cccc(C(F)(F)F)c2)c(Br)c1. The van der Waals surface area contributed by atoms with Crippen molar-refractivity contribution in [2.75, 3.05) is 5.32 Å². The van der Waals surface area contributed by atoms with Crippen molar-refractivity contribution < 1.29 is 13.2 Å². The molecule has 0 fully saturated rings. The van der Waals surface area contributed by atoms with Crippen LogP contribution in [0.3, 0.4) is 0 Å². The number of halogens is 4. The van der Waals surface area contributed by atoms with Crippen LogP contribution in [-0.2, 0) is 6.18 Å². The van der Waals surface area contributed by atoms with Crippen LogP contribution in [0, 0.1) is 0 Å². The molecule has 2 rings (SSSR count). The van der Waals surface area contributed by atoms with Crippen molar-refractivity contribution in [3.8, 4) is 0 Å². The van der Waals surface area contributed by atoms with Gasteiger partial charge in [0.15, 0.2) is 0 Å². The van der Waals surface area contributed by atoms with Crippen molar-refractivity contribution in [1.82, 2.24) is 0 Å². The van der Waals surface area contributed by atoms with Crippen molar-refractivity contribution in [3.63, 3.8) is 0 Å². The van der Waals surface area contributed by atoms with Gasteiger partial charge in [0.1, 0.15) is 0 Å². The van der Waals surface area contributed by atoms with Crippen LogP contribution in [0.4, 0.5) is 24.5 Å². The highest BCUT2D eigenvalue weighted by atomic mass is 79.9. The van der Waals surface area contributed by atoms with E-state index in [-0.39, 0.29) is 0 Å². The van der Waals surface area contributed by atoms with E-state index < -0.39 is 11.7 Å². The van der Waals surface area contributed by atoms with E-state index in [1.54, 1.807) is 18.2 Å². The number of alkyl halides is 3. The van der Waals surface area contributed by atoms with Crippen molar-refractivity contribution in [1.29, 1.82) is 0 Å². The normalized spacial score (nSPS) is 11.2. The lowest BCUT2D eigenvalue weighted by atomic mass is 10.1. The minimum Gasteiger partial charge on any atom is -0.355 e. The summed E-state index contributed by atoms with van der Waals surface area (Å²) in [6, 6.07) is 10.5. The molecule has 1 N–H and O–H groups in total. The number of anilines is 2. The molecule has 0 heterocycles. The highest BCUT2D eigenvalue weighted by molar-refractivity contribution is 9.10. The molecule has 2 aromatic carbocycles. The van der Waals surface area contributed by atoms with E-state index in [0.29, 0.717) is 11.4 Å². The Morgan fingerprint density at radius 3 is 2.45 bits per heavy atom. The topological polar surface area (TPSA) is 12.0 Å². The summed E-state index contributed by atoms with van der Waals surface area (Å²) in [5.74, 6) is 0. The molecule has 0 radical (unpaired) electrons. The van der Waals surface area contributed by atoms with Crippen LogP contribution >= 0.6 is 15.9 Å². The molecule has 0 unspecified atom stereocenters. The molecular formula is C15H11BrF3N. The maximum absolute atomic E-state index is 12.6. The molecule has 0 spiro atoms. The highest BCUT2D eigenvalue weighted by Crippen LogP contribution is 2.32. The van der Waals surface area contributed by atoms with E-state index in [9.17, 15) is 13.2 Å². The van der Waals surface area contributed by atoms with Crippen molar-refractivity contribution in [2.45, 2.75) is 6.18 Å². The smallest absolute Gasteiger partial charge is 0.355 e. The van der Waals surface area contributed by atoms with Crippen LogP contribution in [0.25, 0.3) is 6.08 Å². The number of hydrogen-bond donors (Lipinski definition) is 1. The van der Waals surface area contributed by atoms with E-state index in [2.05, 4.69) is 27.8 Å². The van der Waals surface area contributed by atoms with Crippen molar-refractivity contribution >= 4 is 33.4 Å². The first-order valence-electron chi connectivity index (χ1n) is 5.76. The fraction of sp³-hybridized carbons (Fsp3) is 0.0667. The number of benzene rings is 2. The Morgan fingerprint density at radius 2 is 1.85 bits per heavy atom. The third kappa shape index (κ3) is 3.42. The lowest BCUT2D eigenvalue weighted by Gasteiger charge is -2.12. The maximum Gasteiger partial charge on any atom is 0.416 e. The van der Waals surface area contributed by atoms with E-state index in [4.69, 9.17) is 0 Å². The second kappa shape index (κ2) is 5.71. The quantitative estimate of drug-likeness (QED) is 0.737. The number of hydrogen-bond acceptors (Lipinski definition) is 1. The average molecular weight is 342 g/mol. The van der Waals surface area contributed by atoms with Gasteiger partial charge in [-0.05, 0) is 51.8 Å². The molecule has 0 aliphatic heterocycles. The van der Waals surface area contributed by atoms with Gasteiger partial charge in [-0.25, -0.2) is 0 Å². The third-order valence-corrected chi connectivity index (χ3v) is 3.35. The minimum absolute atomic E-state index is 0.381. The van der Waals surface area contributed by atoms with Gasteiger partial charge in [0.2, 0.25) is 0 Å². The highest BCUT2D eigenvalue weighted by Gasteiger charge is 2.30. The van der Waals surface area contributed by atoms with Gasteiger partial charge >= 0.3 is 6.18 Å². The first-order valence-corrected chi connectivity index (χ1v) is 6.56. The summed E-state index contributed by atoms with van der Waals surface area (Å²) in [4.78, 5) is 0. The van der Waals surface area contributed by atoms with E-state index in [1.807, 2.05) is 12.1 Å². The Balaban J connectivity index is 2.28. The third-order valence-electron chi connectivity index (χ3n) is 2.70. The van der Waals surface area contributed by atoms with Gasteiger partial charge in [-0.1, -0.05) is 24.8 Å². The zero-order chi connectivity index (χ0) is 14.8. The van der Waals surface area contributed by atoms with Crippen LogP contribution < -0.4 is 5.32 Å². The van der Waals surface area contributed by atoms with Gasteiger partial charge in [-0.2, -0.15) is 13.2 Å². The van der Waals surface area contributed by atoms with E-state index in [1.165, 1.54) is 6.07 Å². The van der Waals surface area contributed by atoms with Gasteiger partial charge in [0.05, 0.1) is 11.3 Å². The molecule has 0 saturated carbocycles. The summed E-state index contributed by atoms with van der Waals surface area (Å²) in [6.45, 7) is 3.66. The standard InChI is InChI=1S/C15H11BrF3N/c1-2-10-6-7-14(13(16)8-10)20-12-5-3-4-11(9-12)15(17,18)19/h2-9,20H,1H2. The van der Waals surface area contributed by atoms with Gasteiger partial charge in [-0.3, -0.25) is 0 Å². The lowest BCUT2D eigenvalue weighted by molar-refractivity contribution is -0.137. The molecule has 0 amide bonds. The minimum atomic E-state index is -4.35. The Morgan fingerprint density at radius 1 is 1.10 bits per heavy atom. The van der Waals surface area contributed by atoms with E-state index >= 15 is 0 Å². The molecule has 0 atom stereocenters. The molecule has 0 aliphatic carbocycles. The molecule has 104 valence electrons. The van der Waals surface area contributed by atoms with Crippen LogP contribution in [0.1, 0.15) is 11.1 Å². The second-order valence-corrected chi connectivity index (χ2v) is 5.00. The first kappa shape index (κ1) is 14.7. The Kier molecular flexibility index (Phi) is 4.18. The Bertz CT molecular complexity index is 635. The van der Waals surface area contributed by atoms with Crippen molar-refractivity contribution in [3.05, 3.63) is 64.6 Å². The molecule has 0 aromatic heterocycles. The predicted octanol–water partition coefficient (Wildman–Crippen LogP) is 5.85. The molecule has 0 saturated heterocycles. The summed E-state index contributed by atoms with van der Waals surface area (Å²) >= 11 is 3.37. The second-order valence-electron chi connectivity index (χ2n) is 4.15. The summed E-state index contributed by atoms with van der Waals surface area (Å²) in [5.41, 5.74) is 1.31. The average Bonchev–Trinajstić information content (AvgIpc) is 2.40. The Hall–Kier alpha value is -1.75. The number of nitrogens with one attached hydrogen (secondary N) is 1. The van der Waals surface area contributed by atoms with Crippen LogP contribution in [0.5, 0.6) is 0 Å².